The zero-order valence-electron chi connectivity index (χ0n) is 8.44. The summed E-state index contributed by atoms with van der Waals surface area (Å²) in [5.74, 6) is 0.706. The van der Waals surface area contributed by atoms with Crippen LogP contribution in [0.25, 0.3) is 11.0 Å². The van der Waals surface area contributed by atoms with Crippen molar-refractivity contribution in [1.29, 1.82) is 0 Å². The van der Waals surface area contributed by atoms with Gasteiger partial charge in [0.15, 0.2) is 5.75 Å². The summed E-state index contributed by atoms with van der Waals surface area (Å²) >= 11 is 0. The molecule has 1 saturated carbocycles. The highest BCUT2D eigenvalue weighted by Crippen LogP contribution is 2.38. The average molecular weight is 203 g/mol. The molecule has 1 heterocycles. The Morgan fingerprint density at radius 3 is 2.87 bits per heavy atom. The van der Waals surface area contributed by atoms with Crippen LogP contribution in [0, 0.1) is 0 Å². The maximum absolute atomic E-state index is 9.59. The molecule has 2 aromatic rings. The Morgan fingerprint density at radius 1 is 1.27 bits per heavy atom. The summed E-state index contributed by atoms with van der Waals surface area (Å²) in [6.45, 7) is 0. The highest BCUT2D eigenvalue weighted by molar-refractivity contribution is 5.84. The van der Waals surface area contributed by atoms with E-state index in [0.717, 1.165) is 11.1 Å². The SMILES string of the molecule is Oc1cccc2c(C3CCCC3)noc12. The summed E-state index contributed by atoms with van der Waals surface area (Å²) in [5.41, 5.74) is 1.55. The molecule has 0 aliphatic heterocycles. The maximum atomic E-state index is 9.59. The molecular weight excluding hydrogens is 190 g/mol. The molecule has 1 N–H and O–H groups in total. The lowest BCUT2D eigenvalue weighted by Crippen LogP contribution is -1.92. The number of nitrogens with zero attached hydrogens (tertiary/aromatic N) is 1. The van der Waals surface area contributed by atoms with Crippen LogP contribution in [0.15, 0.2) is 22.7 Å². The van der Waals surface area contributed by atoms with Gasteiger partial charge in [-0.1, -0.05) is 24.1 Å². The van der Waals surface area contributed by atoms with Gasteiger partial charge in [0.25, 0.3) is 0 Å². The second-order valence-corrected chi connectivity index (χ2v) is 4.20. The normalized spacial score (nSPS) is 17.6. The monoisotopic (exact) mass is 203 g/mol. The van der Waals surface area contributed by atoms with E-state index in [1.807, 2.05) is 12.1 Å². The van der Waals surface area contributed by atoms with Crippen molar-refractivity contribution in [3.05, 3.63) is 23.9 Å². The molecular formula is C12H13NO2. The number of rotatable bonds is 1. The maximum Gasteiger partial charge on any atom is 0.208 e. The van der Waals surface area contributed by atoms with E-state index >= 15 is 0 Å². The molecule has 0 atom stereocenters. The van der Waals surface area contributed by atoms with Gasteiger partial charge in [0.05, 0.1) is 5.69 Å². The van der Waals surface area contributed by atoms with Crippen LogP contribution in [0.1, 0.15) is 37.3 Å². The van der Waals surface area contributed by atoms with Crippen LogP contribution in [0.2, 0.25) is 0 Å². The first-order chi connectivity index (χ1) is 7.36. The fourth-order valence-corrected chi connectivity index (χ4v) is 2.46. The number of aromatic nitrogens is 1. The zero-order valence-corrected chi connectivity index (χ0v) is 8.44. The van der Waals surface area contributed by atoms with Crippen LogP contribution in [0.5, 0.6) is 5.75 Å². The smallest absolute Gasteiger partial charge is 0.208 e. The van der Waals surface area contributed by atoms with Gasteiger partial charge in [0, 0.05) is 11.3 Å². The number of aromatic hydroxyl groups is 1. The first kappa shape index (κ1) is 8.77. The van der Waals surface area contributed by atoms with Gasteiger partial charge in [0.2, 0.25) is 5.58 Å². The predicted octanol–water partition coefficient (Wildman–Crippen LogP) is 3.19. The highest BCUT2D eigenvalue weighted by Gasteiger charge is 2.23. The Bertz CT molecular complexity index is 483. The van der Waals surface area contributed by atoms with Crippen LogP contribution < -0.4 is 0 Å². The van der Waals surface area contributed by atoms with Crippen molar-refractivity contribution in [2.24, 2.45) is 0 Å². The lowest BCUT2D eigenvalue weighted by molar-refractivity contribution is 0.411. The van der Waals surface area contributed by atoms with Crippen LogP contribution in [0.4, 0.5) is 0 Å². The molecule has 3 rings (SSSR count). The van der Waals surface area contributed by atoms with Crippen molar-refractivity contribution in [2.45, 2.75) is 31.6 Å². The van der Waals surface area contributed by atoms with Gasteiger partial charge in [-0.25, -0.2) is 0 Å². The quantitative estimate of drug-likeness (QED) is 0.774. The van der Waals surface area contributed by atoms with E-state index in [1.165, 1.54) is 25.7 Å². The van der Waals surface area contributed by atoms with Crippen molar-refractivity contribution in [1.82, 2.24) is 5.16 Å². The molecule has 1 aliphatic carbocycles. The fourth-order valence-electron chi connectivity index (χ4n) is 2.46. The van der Waals surface area contributed by atoms with Crippen LogP contribution in [-0.4, -0.2) is 10.3 Å². The summed E-state index contributed by atoms with van der Waals surface area (Å²) < 4.78 is 5.19. The largest absolute Gasteiger partial charge is 0.504 e. The Balaban J connectivity index is 2.15. The first-order valence-electron chi connectivity index (χ1n) is 5.43. The molecule has 0 radical (unpaired) electrons. The molecule has 1 aromatic carbocycles. The molecule has 1 fully saturated rings. The summed E-state index contributed by atoms with van der Waals surface area (Å²) in [5, 5.41) is 14.7. The molecule has 3 heteroatoms. The van der Waals surface area contributed by atoms with E-state index in [9.17, 15) is 5.11 Å². The van der Waals surface area contributed by atoms with Gasteiger partial charge in [-0.3, -0.25) is 0 Å². The molecule has 0 saturated heterocycles. The third-order valence-corrected chi connectivity index (χ3v) is 3.25. The molecule has 15 heavy (non-hydrogen) atoms. The van der Waals surface area contributed by atoms with Crippen LogP contribution in [0.3, 0.4) is 0 Å². The molecule has 0 unspecified atom stereocenters. The fraction of sp³-hybridized carbons (Fsp3) is 0.417. The number of fused-ring (bicyclic) bond motifs is 1. The minimum atomic E-state index is 0.184. The minimum absolute atomic E-state index is 0.184. The Hall–Kier alpha value is -1.51. The summed E-state index contributed by atoms with van der Waals surface area (Å²) in [6.07, 6.45) is 4.93. The molecule has 0 bridgehead atoms. The number of benzene rings is 1. The second-order valence-electron chi connectivity index (χ2n) is 4.20. The van der Waals surface area contributed by atoms with Crippen LogP contribution in [-0.2, 0) is 0 Å². The Morgan fingerprint density at radius 2 is 2.07 bits per heavy atom. The number of hydrogen-bond donors (Lipinski definition) is 1. The van der Waals surface area contributed by atoms with Gasteiger partial charge in [-0.2, -0.15) is 0 Å². The van der Waals surface area contributed by atoms with Gasteiger partial charge >= 0.3 is 0 Å². The van der Waals surface area contributed by atoms with Crippen molar-refractivity contribution in [3.8, 4) is 5.75 Å². The van der Waals surface area contributed by atoms with Gasteiger partial charge in [-0.05, 0) is 25.0 Å². The van der Waals surface area contributed by atoms with Gasteiger partial charge in [-0.15, -0.1) is 0 Å². The highest BCUT2D eigenvalue weighted by atomic mass is 16.5. The molecule has 0 spiro atoms. The third-order valence-electron chi connectivity index (χ3n) is 3.25. The topological polar surface area (TPSA) is 46.3 Å². The van der Waals surface area contributed by atoms with Crippen LogP contribution >= 0.6 is 0 Å². The van der Waals surface area contributed by atoms with E-state index in [1.54, 1.807) is 6.07 Å². The Labute approximate surface area is 87.7 Å². The summed E-state index contributed by atoms with van der Waals surface area (Å²) in [7, 11) is 0. The number of para-hydroxylation sites is 1. The number of phenols is 1. The van der Waals surface area contributed by atoms with Crippen molar-refractivity contribution in [2.75, 3.05) is 0 Å². The summed E-state index contributed by atoms with van der Waals surface area (Å²) in [4.78, 5) is 0. The average Bonchev–Trinajstić information content (AvgIpc) is 2.85. The van der Waals surface area contributed by atoms with E-state index < -0.39 is 0 Å². The summed E-state index contributed by atoms with van der Waals surface area (Å²) in [6, 6.07) is 5.44. The van der Waals surface area contributed by atoms with E-state index in [0.29, 0.717) is 11.5 Å². The molecule has 0 amide bonds. The first-order valence-corrected chi connectivity index (χ1v) is 5.43. The van der Waals surface area contributed by atoms with E-state index in [-0.39, 0.29) is 5.75 Å². The lowest BCUT2D eigenvalue weighted by atomic mass is 10.0. The molecule has 78 valence electrons. The van der Waals surface area contributed by atoms with E-state index in [4.69, 9.17) is 4.52 Å². The predicted molar refractivity (Wildman–Crippen MR) is 56.9 cm³/mol. The Kier molecular flexibility index (Phi) is 1.91. The lowest BCUT2D eigenvalue weighted by Gasteiger charge is -2.03. The number of hydrogen-bond acceptors (Lipinski definition) is 3. The molecule has 1 aliphatic rings. The van der Waals surface area contributed by atoms with Crippen molar-refractivity contribution >= 4 is 11.0 Å². The molecule has 1 aromatic heterocycles. The molecule has 3 nitrogen and oxygen atoms in total. The van der Waals surface area contributed by atoms with E-state index in [2.05, 4.69) is 5.16 Å². The number of phenolic OH excluding ortho intramolecular Hbond substituents is 1. The van der Waals surface area contributed by atoms with Crippen molar-refractivity contribution in [3.63, 3.8) is 0 Å². The second kappa shape index (κ2) is 3.26. The standard InChI is InChI=1S/C12H13NO2/c14-10-7-3-6-9-11(13-15-12(9)10)8-4-1-2-5-8/h3,6-8,14H,1-2,4-5H2. The van der Waals surface area contributed by atoms with Crippen molar-refractivity contribution < 1.29 is 9.63 Å². The third kappa shape index (κ3) is 1.30. The van der Waals surface area contributed by atoms with Gasteiger partial charge in [0.1, 0.15) is 0 Å². The zero-order chi connectivity index (χ0) is 10.3. The minimum Gasteiger partial charge on any atom is -0.504 e. The van der Waals surface area contributed by atoms with Gasteiger partial charge < -0.3 is 9.63 Å².